The Balaban J connectivity index is 1.32. The molecule has 1 amide bonds. The van der Waals surface area contributed by atoms with Crippen molar-refractivity contribution in [2.24, 2.45) is 0 Å². The SMILES string of the molecule is C=C(F)C(=O)N1CCN(c2nc(OC[C@@H]3CCCN3C)nc3c2CCN(c2cccc4sccc24)C3)C[C@@H]1CC#N. The maximum absolute atomic E-state index is 13.8. The van der Waals surface area contributed by atoms with Crippen LogP contribution in [0.2, 0.25) is 0 Å². The Hall–Kier alpha value is -3.75. The fraction of sp³-hybridized carbons (Fsp3) is 0.467. The van der Waals surface area contributed by atoms with E-state index < -0.39 is 17.8 Å². The predicted molar refractivity (Wildman–Crippen MR) is 158 cm³/mol. The van der Waals surface area contributed by atoms with E-state index in [-0.39, 0.29) is 13.0 Å². The summed E-state index contributed by atoms with van der Waals surface area (Å²) in [5, 5.41) is 12.8. The molecule has 0 saturated carbocycles. The molecule has 6 rings (SSSR count). The quantitative estimate of drug-likeness (QED) is 0.389. The number of likely N-dealkylation sites (N-methyl/N-ethyl adjacent to an activating group) is 1. The number of hydrogen-bond acceptors (Lipinski definition) is 9. The molecule has 2 saturated heterocycles. The number of likely N-dealkylation sites (tertiary alicyclic amines) is 1. The molecule has 3 aliphatic heterocycles. The molecule has 3 aromatic rings. The molecular formula is C30H34FN7O2S. The molecule has 2 fully saturated rings. The Morgan fingerprint density at radius 2 is 2.07 bits per heavy atom. The average Bonchev–Trinajstić information content (AvgIpc) is 3.63. The van der Waals surface area contributed by atoms with Gasteiger partial charge in [0.1, 0.15) is 12.4 Å². The minimum Gasteiger partial charge on any atom is -0.462 e. The molecule has 1 aromatic carbocycles. The summed E-state index contributed by atoms with van der Waals surface area (Å²) in [7, 11) is 2.12. The number of anilines is 2. The van der Waals surface area contributed by atoms with Gasteiger partial charge in [-0.3, -0.25) is 4.79 Å². The lowest BCUT2D eigenvalue weighted by atomic mass is 10.0. The van der Waals surface area contributed by atoms with E-state index in [0.29, 0.717) is 38.3 Å². The summed E-state index contributed by atoms with van der Waals surface area (Å²) in [6.07, 6.45) is 3.08. The van der Waals surface area contributed by atoms with E-state index in [1.807, 2.05) is 0 Å². The van der Waals surface area contributed by atoms with Gasteiger partial charge in [0.2, 0.25) is 0 Å². The van der Waals surface area contributed by atoms with Crippen molar-refractivity contribution < 1.29 is 13.9 Å². The van der Waals surface area contributed by atoms with Crippen LogP contribution in [0, 0.1) is 11.3 Å². The second kappa shape index (κ2) is 11.6. The van der Waals surface area contributed by atoms with E-state index in [4.69, 9.17) is 14.7 Å². The maximum Gasteiger partial charge on any atom is 0.318 e. The number of ether oxygens (including phenoxy) is 1. The van der Waals surface area contributed by atoms with Crippen molar-refractivity contribution in [1.29, 1.82) is 5.26 Å². The number of carbonyl (C=O) groups is 1. The first-order chi connectivity index (χ1) is 19.9. The number of piperazine rings is 1. The molecule has 3 aliphatic rings. The van der Waals surface area contributed by atoms with E-state index in [1.165, 1.54) is 20.7 Å². The fourth-order valence-corrected chi connectivity index (χ4v) is 7.09. The summed E-state index contributed by atoms with van der Waals surface area (Å²) in [6.45, 7) is 7.31. The lowest BCUT2D eigenvalue weighted by Crippen LogP contribution is -2.55. The van der Waals surface area contributed by atoms with Crippen molar-refractivity contribution >= 4 is 38.8 Å². The summed E-state index contributed by atoms with van der Waals surface area (Å²) in [5.41, 5.74) is 3.18. The first-order valence-corrected chi connectivity index (χ1v) is 15.0. The molecule has 41 heavy (non-hydrogen) atoms. The van der Waals surface area contributed by atoms with Gasteiger partial charge in [0.05, 0.1) is 30.8 Å². The number of fused-ring (bicyclic) bond motifs is 2. The van der Waals surface area contributed by atoms with E-state index in [0.717, 1.165) is 49.4 Å². The molecule has 5 heterocycles. The number of benzene rings is 1. The highest BCUT2D eigenvalue weighted by Crippen LogP contribution is 2.36. The van der Waals surface area contributed by atoms with Crippen LogP contribution in [0.4, 0.5) is 15.9 Å². The van der Waals surface area contributed by atoms with Gasteiger partial charge in [-0.25, -0.2) is 4.39 Å². The fourth-order valence-electron chi connectivity index (χ4n) is 6.29. The highest BCUT2D eigenvalue weighted by atomic mass is 32.1. The van der Waals surface area contributed by atoms with Gasteiger partial charge < -0.3 is 24.3 Å². The molecule has 2 atom stereocenters. The minimum atomic E-state index is -1.01. The maximum atomic E-state index is 13.8. The molecular weight excluding hydrogens is 541 g/mol. The van der Waals surface area contributed by atoms with Crippen molar-refractivity contribution in [1.82, 2.24) is 19.8 Å². The molecule has 11 heteroatoms. The standard InChI is InChI=1S/C30H34FN7O2S/c1-20(31)29(39)38-15-14-37(17-21(38)8-11-32)28-23-9-13-36(26-6-3-7-27-24(26)10-16-41-27)18-25(23)33-30(34-28)40-19-22-5-4-12-35(22)2/h3,6-7,10,16,21-22H,1,4-5,8-9,12-15,17-19H2,2H3/t21-,22-/m0/s1. The van der Waals surface area contributed by atoms with E-state index in [2.05, 4.69) is 64.0 Å². The van der Waals surface area contributed by atoms with Crippen molar-refractivity contribution in [2.45, 2.75) is 44.3 Å². The van der Waals surface area contributed by atoms with Crippen LogP contribution in [-0.4, -0.2) is 84.1 Å². The molecule has 9 nitrogen and oxygen atoms in total. The van der Waals surface area contributed by atoms with Crippen LogP contribution in [0.15, 0.2) is 42.1 Å². The Morgan fingerprint density at radius 3 is 2.85 bits per heavy atom. The van der Waals surface area contributed by atoms with Gasteiger partial charge in [0.25, 0.3) is 5.91 Å². The zero-order chi connectivity index (χ0) is 28.5. The van der Waals surface area contributed by atoms with Crippen LogP contribution in [0.1, 0.15) is 30.5 Å². The second-order valence-corrected chi connectivity index (χ2v) is 11.9. The third-order valence-electron chi connectivity index (χ3n) is 8.51. The molecule has 2 aromatic heterocycles. The van der Waals surface area contributed by atoms with Crippen LogP contribution >= 0.6 is 11.3 Å². The first-order valence-electron chi connectivity index (χ1n) is 14.1. The molecule has 0 spiro atoms. The second-order valence-electron chi connectivity index (χ2n) is 11.0. The number of halogens is 1. The Morgan fingerprint density at radius 1 is 1.20 bits per heavy atom. The van der Waals surface area contributed by atoms with Gasteiger partial charge in [-0.15, -0.1) is 11.3 Å². The lowest BCUT2D eigenvalue weighted by Gasteiger charge is -2.42. The number of aromatic nitrogens is 2. The van der Waals surface area contributed by atoms with Crippen molar-refractivity contribution in [2.75, 3.05) is 56.2 Å². The number of hydrogen-bond donors (Lipinski definition) is 0. The van der Waals surface area contributed by atoms with Gasteiger partial charge in [-0.1, -0.05) is 12.6 Å². The van der Waals surface area contributed by atoms with Gasteiger partial charge in [0.15, 0.2) is 5.83 Å². The van der Waals surface area contributed by atoms with Crippen LogP contribution in [0.25, 0.3) is 10.1 Å². The number of nitriles is 1. The highest BCUT2D eigenvalue weighted by molar-refractivity contribution is 7.17. The number of carbonyl (C=O) groups excluding carboxylic acids is 1. The molecule has 0 N–H and O–H groups in total. The van der Waals surface area contributed by atoms with Crippen LogP contribution in [0.3, 0.4) is 0 Å². The highest BCUT2D eigenvalue weighted by Gasteiger charge is 2.35. The number of nitrogens with zero attached hydrogens (tertiary/aromatic N) is 7. The zero-order valence-corrected chi connectivity index (χ0v) is 24.1. The van der Waals surface area contributed by atoms with Crippen molar-refractivity contribution in [3.05, 3.63) is 53.3 Å². The van der Waals surface area contributed by atoms with E-state index in [9.17, 15) is 14.4 Å². The largest absolute Gasteiger partial charge is 0.462 e. The lowest BCUT2D eigenvalue weighted by molar-refractivity contribution is -0.131. The summed E-state index contributed by atoms with van der Waals surface area (Å²) in [5.74, 6) is -0.973. The van der Waals surface area contributed by atoms with Gasteiger partial charge >= 0.3 is 6.01 Å². The zero-order valence-electron chi connectivity index (χ0n) is 23.3. The Bertz CT molecular complexity index is 1500. The van der Waals surface area contributed by atoms with Crippen LogP contribution in [0.5, 0.6) is 6.01 Å². The molecule has 0 bridgehead atoms. The topological polar surface area (TPSA) is 88.8 Å². The normalized spacial score (nSPS) is 21.1. The Labute approximate surface area is 243 Å². The van der Waals surface area contributed by atoms with Gasteiger partial charge in [-0.05, 0) is 56.4 Å². The van der Waals surface area contributed by atoms with Crippen LogP contribution in [-0.2, 0) is 17.8 Å². The van der Waals surface area contributed by atoms with E-state index >= 15 is 0 Å². The average molecular weight is 576 g/mol. The monoisotopic (exact) mass is 575 g/mol. The molecule has 0 aliphatic carbocycles. The molecule has 214 valence electrons. The van der Waals surface area contributed by atoms with Gasteiger partial charge in [0, 0.05) is 53.6 Å². The number of amides is 1. The third-order valence-corrected chi connectivity index (χ3v) is 9.40. The van der Waals surface area contributed by atoms with Crippen molar-refractivity contribution in [3.63, 3.8) is 0 Å². The smallest absolute Gasteiger partial charge is 0.318 e. The molecule has 0 unspecified atom stereocenters. The summed E-state index contributed by atoms with van der Waals surface area (Å²) in [6, 6.07) is 11.0. The molecule has 0 radical (unpaired) electrons. The van der Waals surface area contributed by atoms with Crippen LogP contribution < -0.4 is 14.5 Å². The third kappa shape index (κ3) is 5.46. The van der Waals surface area contributed by atoms with Crippen molar-refractivity contribution in [3.8, 4) is 12.1 Å². The first kappa shape index (κ1) is 27.4. The summed E-state index contributed by atoms with van der Waals surface area (Å²) in [4.78, 5) is 30.5. The number of thiophene rings is 1. The van der Waals surface area contributed by atoms with E-state index in [1.54, 1.807) is 11.3 Å². The summed E-state index contributed by atoms with van der Waals surface area (Å²) >= 11 is 1.74. The summed E-state index contributed by atoms with van der Waals surface area (Å²) < 4.78 is 21.3. The van der Waals surface area contributed by atoms with Gasteiger partial charge in [-0.2, -0.15) is 15.2 Å². The minimum absolute atomic E-state index is 0.0958. The number of rotatable bonds is 7. The Kier molecular flexibility index (Phi) is 7.77. The predicted octanol–water partition coefficient (Wildman–Crippen LogP) is 4.14.